The summed E-state index contributed by atoms with van der Waals surface area (Å²) in [6.07, 6.45) is -18.4. The zero-order chi connectivity index (χ0) is 39.6. The number of alkyl halides is 12. The van der Waals surface area contributed by atoms with Crippen molar-refractivity contribution in [1.29, 1.82) is 0 Å². The number of aliphatic carboxylic acids is 4. The van der Waals surface area contributed by atoms with E-state index >= 15 is 0 Å². The van der Waals surface area contributed by atoms with E-state index in [-0.39, 0.29) is 0 Å². The Morgan fingerprint density at radius 2 is 1.02 bits per heavy atom. The number of carbonyl (C=O) groups is 4. The highest BCUT2D eigenvalue weighted by Gasteiger charge is 2.30. The van der Waals surface area contributed by atoms with Crippen LogP contribution in [0.5, 0.6) is 0 Å². The van der Waals surface area contributed by atoms with E-state index in [0.29, 0.717) is 12.1 Å². The van der Waals surface area contributed by atoms with Crippen LogP contribution in [0, 0.1) is 0 Å². The summed E-state index contributed by atoms with van der Waals surface area (Å²) in [7, 11) is 0. The highest BCUT2D eigenvalue weighted by molar-refractivity contribution is 5.71. The molecule has 0 aromatic heterocycles. The molecule has 9 N–H and O–H groups in total. The van der Waals surface area contributed by atoms with Crippen molar-refractivity contribution in [3.05, 3.63) is 35.9 Å². The molecular formula is C25H36F12N4O8. The van der Waals surface area contributed by atoms with Gasteiger partial charge in [0.25, 0.3) is 0 Å². The maximum atomic E-state index is 10.5. The van der Waals surface area contributed by atoms with Crippen LogP contribution in [-0.2, 0) is 25.6 Å². The zero-order valence-corrected chi connectivity index (χ0v) is 25.7. The highest BCUT2D eigenvalue weighted by Crippen LogP contribution is 2.13. The molecule has 0 bridgehead atoms. The van der Waals surface area contributed by atoms with Gasteiger partial charge in [-0.1, -0.05) is 30.3 Å². The lowest BCUT2D eigenvalue weighted by Crippen LogP contribution is -3.04. The predicted octanol–water partition coefficient (Wildman–Crippen LogP) is -5.48. The molecule has 0 saturated carbocycles. The average Bonchev–Trinajstić information content (AvgIpc) is 2.94. The van der Waals surface area contributed by atoms with Gasteiger partial charge in [0.15, 0.2) is 0 Å². The first-order valence-electron chi connectivity index (χ1n) is 13.5. The van der Waals surface area contributed by atoms with Crippen molar-refractivity contribution >= 4 is 23.9 Å². The molecule has 1 aromatic carbocycles. The van der Waals surface area contributed by atoms with E-state index in [1.165, 1.54) is 44.6 Å². The van der Waals surface area contributed by atoms with E-state index in [9.17, 15) is 52.7 Å². The van der Waals surface area contributed by atoms with Gasteiger partial charge in [-0.05, 0) is 19.4 Å². The first-order chi connectivity index (χ1) is 22.0. The van der Waals surface area contributed by atoms with E-state index in [1.807, 2.05) is 0 Å². The molecule has 1 aromatic rings. The summed E-state index contributed by atoms with van der Waals surface area (Å²) in [5.41, 5.74) is 5.37. The summed E-state index contributed by atoms with van der Waals surface area (Å²) in [4.78, 5) is 35.1. The SMILES string of the molecule is CC[NH2+][C@@H](C)C[NH2+][C@@H](C[NH2+]CCC[NH3+])Cc1ccccc1.O=C([O-])C(F)(F)F.O=C([O-])C(F)(F)F.O=C([O-])C(F)(F)F.O=C([O-])C(F)(F)F. The van der Waals surface area contributed by atoms with E-state index in [4.69, 9.17) is 39.6 Å². The Kier molecular flexibility index (Phi) is 27.6. The van der Waals surface area contributed by atoms with Crippen LogP contribution < -0.4 is 42.1 Å². The molecule has 0 aliphatic carbocycles. The van der Waals surface area contributed by atoms with Gasteiger partial charge >= 0.3 is 24.7 Å². The third-order valence-corrected chi connectivity index (χ3v) is 4.87. The second kappa shape index (κ2) is 26.0. The lowest BCUT2D eigenvalue weighted by atomic mass is 10.1. The number of carboxylic acids is 4. The molecule has 1 rings (SSSR count). The molecule has 288 valence electrons. The standard InChI is InChI=1S/C17H32N4.4C2HF3O2/c1-3-20-15(2)13-21-17(14-19-11-7-10-18)12-16-8-5-4-6-9-16;4*3-2(4,5)1(6)7/h4-6,8-9,15,17,19-21H,3,7,10-14,18H2,1-2H3;4*(H,6,7)/t15-,17+;;;;/m0..../s1. The number of nitrogens with two attached hydrogens (primary N) is 3. The van der Waals surface area contributed by atoms with Crippen molar-refractivity contribution in [2.75, 3.05) is 32.7 Å². The Hall–Kier alpha value is -3.90. The number of halogens is 12. The number of hydrogen-bond donors (Lipinski definition) is 4. The first kappa shape index (κ1) is 51.9. The monoisotopic (exact) mass is 748 g/mol. The normalized spacial score (nSPS) is 12.5. The van der Waals surface area contributed by atoms with E-state index in [0.717, 1.165) is 6.54 Å². The van der Waals surface area contributed by atoms with Crippen LogP contribution in [0.15, 0.2) is 30.3 Å². The van der Waals surface area contributed by atoms with Gasteiger partial charge in [0, 0.05) is 12.8 Å². The summed E-state index contributed by atoms with van der Waals surface area (Å²) in [5.74, 6) is -12.0. The zero-order valence-electron chi connectivity index (χ0n) is 25.7. The molecule has 0 fully saturated rings. The number of hydrogen-bond acceptors (Lipinski definition) is 8. The van der Waals surface area contributed by atoms with Crippen molar-refractivity contribution in [2.45, 2.75) is 63.5 Å². The lowest BCUT2D eigenvalue weighted by molar-refractivity contribution is -0.784. The molecule has 0 amide bonds. The van der Waals surface area contributed by atoms with Gasteiger partial charge in [-0.2, -0.15) is 52.7 Å². The minimum Gasteiger partial charge on any atom is -0.542 e. The highest BCUT2D eigenvalue weighted by atomic mass is 19.4. The molecule has 0 aliphatic rings. The van der Waals surface area contributed by atoms with Gasteiger partial charge in [0.05, 0.1) is 19.6 Å². The maximum absolute atomic E-state index is 10.5. The Morgan fingerprint density at radius 1 is 0.673 bits per heavy atom. The second-order valence-electron chi connectivity index (χ2n) is 9.20. The molecule has 49 heavy (non-hydrogen) atoms. The quantitative estimate of drug-likeness (QED) is 0.119. The Bertz CT molecular complexity index is 960. The molecule has 0 unspecified atom stereocenters. The molecule has 0 heterocycles. The van der Waals surface area contributed by atoms with Crippen molar-refractivity contribution in [2.24, 2.45) is 0 Å². The summed E-state index contributed by atoms with van der Waals surface area (Å²) in [6, 6.07) is 12.3. The van der Waals surface area contributed by atoms with Crippen LogP contribution in [0.4, 0.5) is 52.7 Å². The summed E-state index contributed by atoms with van der Waals surface area (Å²) < 4.78 is 126. The van der Waals surface area contributed by atoms with Crippen LogP contribution in [0.2, 0.25) is 0 Å². The third kappa shape index (κ3) is 36.8. The minimum absolute atomic E-state index is 0.671. The topological polar surface area (TPSA) is 238 Å². The number of carbonyl (C=O) groups excluding carboxylic acids is 4. The number of likely N-dealkylation sites (N-methyl/N-ethyl adjacent to an activating group) is 1. The molecule has 0 radical (unpaired) electrons. The molecule has 0 saturated heterocycles. The average molecular weight is 749 g/mol. The fourth-order valence-electron chi connectivity index (χ4n) is 2.71. The van der Waals surface area contributed by atoms with Crippen molar-refractivity contribution in [3.63, 3.8) is 0 Å². The second-order valence-corrected chi connectivity index (χ2v) is 9.20. The Morgan fingerprint density at radius 3 is 1.31 bits per heavy atom. The van der Waals surface area contributed by atoms with Gasteiger partial charge < -0.3 is 61.3 Å². The fourth-order valence-corrected chi connectivity index (χ4v) is 2.71. The van der Waals surface area contributed by atoms with Crippen molar-refractivity contribution < 1.29 is 114 Å². The van der Waals surface area contributed by atoms with Gasteiger partial charge in [0.1, 0.15) is 49.1 Å². The molecule has 2 atom stereocenters. The van der Waals surface area contributed by atoms with E-state index in [2.05, 4.69) is 65.9 Å². The predicted molar refractivity (Wildman–Crippen MR) is 131 cm³/mol. The van der Waals surface area contributed by atoms with Gasteiger partial charge in [0.2, 0.25) is 0 Å². The van der Waals surface area contributed by atoms with Crippen LogP contribution in [0.3, 0.4) is 0 Å². The Balaban J connectivity index is -0.000000297. The maximum Gasteiger partial charge on any atom is 0.430 e. The molecular weight excluding hydrogens is 712 g/mol. The van der Waals surface area contributed by atoms with Crippen molar-refractivity contribution in [3.8, 4) is 0 Å². The van der Waals surface area contributed by atoms with Crippen molar-refractivity contribution in [1.82, 2.24) is 0 Å². The first-order valence-corrected chi connectivity index (χ1v) is 13.5. The number of benzene rings is 1. The number of quaternary nitrogens is 4. The summed E-state index contributed by atoms with van der Waals surface area (Å²) in [6.45, 7) is 10.4. The molecule has 0 spiro atoms. The summed E-state index contributed by atoms with van der Waals surface area (Å²) in [5, 5.41) is 42.6. The van der Waals surface area contributed by atoms with Gasteiger partial charge in [-0.25, -0.2) is 0 Å². The fraction of sp³-hybridized carbons (Fsp3) is 0.600. The smallest absolute Gasteiger partial charge is 0.430 e. The summed E-state index contributed by atoms with van der Waals surface area (Å²) >= 11 is 0. The van der Waals surface area contributed by atoms with Crippen LogP contribution in [0.25, 0.3) is 0 Å². The van der Waals surface area contributed by atoms with E-state index in [1.54, 1.807) is 0 Å². The largest absolute Gasteiger partial charge is 0.542 e. The lowest BCUT2D eigenvalue weighted by Gasteiger charge is -2.16. The van der Waals surface area contributed by atoms with Gasteiger partial charge in [-0.3, -0.25) is 0 Å². The van der Waals surface area contributed by atoms with Crippen LogP contribution >= 0.6 is 0 Å². The van der Waals surface area contributed by atoms with Gasteiger partial charge in [-0.15, -0.1) is 0 Å². The Labute approximate surface area is 270 Å². The number of rotatable bonds is 12. The van der Waals surface area contributed by atoms with E-state index < -0.39 is 48.6 Å². The molecule has 0 aliphatic heterocycles. The van der Waals surface area contributed by atoms with Crippen LogP contribution in [0.1, 0.15) is 25.8 Å². The van der Waals surface area contributed by atoms with Crippen LogP contribution in [-0.4, -0.2) is 93.4 Å². The molecule has 24 heteroatoms. The number of carboxylic acid groups (broad SMARTS) is 4. The molecule has 12 nitrogen and oxygen atoms in total. The third-order valence-electron chi connectivity index (χ3n) is 4.87. The minimum atomic E-state index is -5.19.